The van der Waals surface area contributed by atoms with Crippen LogP contribution >= 0.6 is 0 Å². The third-order valence-corrected chi connectivity index (χ3v) is 6.46. The van der Waals surface area contributed by atoms with Crippen molar-refractivity contribution in [3.63, 3.8) is 0 Å². The van der Waals surface area contributed by atoms with Crippen molar-refractivity contribution < 1.29 is 9.53 Å². The normalized spacial score (nSPS) is 13.6. The highest BCUT2D eigenvalue weighted by molar-refractivity contribution is 6.09. The molecule has 1 aliphatic heterocycles. The Morgan fingerprint density at radius 1 is 1.15 bits per heavy atom. The summed E-state index contributed by atoms with van der Waals surface area (Å²) in [5, 5.41) is 15.3. The number of nitrogens with zero attached hydrogens (tertiary/aromatic N) is 5. The average molecular weight is 455 g/mol. The van der Waals surface area contributed by atoms with Gasteiger partial charge in [-0.15, -0.1) is 0 Å². The van der Waals surface area contributed by atoms with E-state index >= 15 is 0 Å². The Morgan fingerprint density at radius 3 is 2.65 bits per heavy atom. The van der Waals surface area contributed by atoms with Gasteiger partial charge in [-0.1, -0.05) is 36.4 Å². The van der Waals surface area contributed by atoms with Crippen LogP contribution in [-0.4, -0.2) is 38.7 Å². The summed E-state index contributed by atoms with van der Waals surface area (Å²) in [6, 6.07) is 16.1. The number of ether oxygens (including phenoxy) is 1. The SMILES string of the molecule is Cc1ccc(OCc2ccccc2)c(C)c1-n1c(N)c(C#N)c2c3n(nc21)CCCN(C)C3=O. The van der Waals surface area contributed by atoms with E-state index in [4.69, 9.17) is 15.6 Å². The van der Waals surface area contributed by atoms with Gasteiger partial charge in [0.25, 0.3) is 5.91 Å². The second-order valence-electron chi connectivity index (χ2n) is 8.69. The van der Waals surface area contributed by atoms with Gasteiger partial charge in [0.05, 0.1) is 11.1 Å². The molecule has 0 saturated heterocycles. The lowest BCUT2D eigenvalue weighted by atomic mass is 10.1. The van der Waals surface area contributed by atoms with E-state index in [0.717, 1.165) is 34.5 Å². The first kappa shape index (κ1) is 21.6. The van der Waals surface area contributed by atoms with Crippen molar-refractivity contribution in [1.82, 2.24) is 19.2 Å². The summed E-state index contributed by atoms with van der Waals surface area (Å²) in [4.78, 5) is 14.8. The number of aryl methyl sites for hydroxylation is 2. The number of anilines is 1. The maximum atomic E-state index is 13.1. The molecule has 172 valence electrons. The Labute approximate surface area is 197 Å². The van der Waals surface area contributed by atoms with E-state index in [1.807, 2.05) is 56.3 Å². The molecule has 2 aromatic heterocycles. The summed E-state index contributed by atoms with van der Waals surface area (Å²) in [6.07, 6.45) is 0.789. The molecule has 3 heterocycles. The summed E-state index contributed by atoms with van der Waals surface area (Å²) >= 11 is 0. The summed E-state index contributed by atoms with van der Waals surface area (Å²) < 4.78 is 9.66. The van der Waals surface area contributed by atoms with Crippen molar-refractivity contribution in [3.8, 4) is 17.5 Å². The molecular formula is C26H26N6O2. The van der Waals surface area contributed by atoms with Crippen molar-refractivity contribution >= 4 is 22.8 Å². The number of aromatic nitrogens is 3. The van der Waals surface area contributed by atoms with Gasteiger partial charge in [0, 0.05) is 25.7 Å². The number of rotatable bonds is 4. The van der Waals surface area contributed by atoms with Crippen LogP contribution in [0.3, 0.4) is 0 Å². The summed E-state index contributed by atoms with van der Waals surface area (Å²) in [6.45, 7) is 5.63. The van der Waals surface area contributed by atoms with Crippen LogP contribution in [0.15, 0.2) is 42.5 Å². The number of nitrogens with two attached hydrogens (primary N) is 1. The molecule has 1 amide bonds. The fraction of sp³-hybridized carbons (Fsp3) is 0.269. The maximum Gasteiger partial charge on any atom is 0.272 e. The molecule has 0 unspecified atom stereocenters. The summed E-state index contributed by atoms with van der Waals surface area (Å²) in [5.74, 6) is 0.845. The number of nitriles is 1. The van der Waals surface area contributed by atoms with Crippen LogP contribution in [0, 0.1) is 25.2 Å². The van der Waals surface area contributed by atoms with Gasteiger partial charge in [0.15, 0.2) is 5.65 Å². The molecule has 2 N–H and O–H groups in total. The van der Waals surface area contributed by atoms with Gasteiger partial charge < -0.3 is 15.4 Å². The topological polar surface area (TPSA) is 102 Å². The van der Waals surface area contributed by atoms with Gasteiger partial charge in [0.1, 0.15) is 35.5 Å². The second kappa shape index (κ2) is 8.27. The molecule has 0 bridgehead atoms. The Bertz CT molecular complexity index is 1460. The van der Waals surface area contributed by atoms with E-state index in [-0.39, 0.29) is 17.3 Å². The van der Waals surface area contributed by atoms with Crippen LogP contribution < -0.4 is 10.5 Å². The maximum absolute atomic E-state index is 13.1. The third kappa shape index (κ3) is 3.28. The van der Waals surface area contributed by atoms with Gasteiger partial charge in [-0.05, 0) is 37.5 Å². The molecular weight excluding hydrogens is 428 g/mol. The van der Waals surface area contributed by atoms with Crippen molar-refractivity contribution in [3.05, 3.63) is 70.4 Å². The van der Waals surface area contributed by atoms with Crippen molar-refractivity contribution in [2.75, 3.05) is 19.3 Å². The van der Waals surface area contributed by atoms with E-state index in [2.05, 4.69) is 6.07 Å². The van der Waals surface area contributed by atoms with Crippen LogP contribution in [0.5, 0.6) is 5.75 Å². The highest BCUT2D eigenvalue weighted by Crippen LogP contribution is 2.38. The molecule has 5 rings (SSSR count). The number of amides is 1. The van der Waals surface area contributed by atoms with Gasteiger partial charge in [-0.2, -0.15) is 10.4 Å². The van der Waals surface area contributed by atoms with Gasteiger partial charge >= 0.3 is 0 Å². The van der Waals surface area contributed by atoms with Crippen LogP contribution in [0.1, 0.15) is 39.2 Å². The van der Waals surface area contributed by atoms with E-state index in [0.29, 0.717) is 36.4 Å². The Kier molecular flexibility index (Phi) is 5.25. The molecule has 8 heteroatoms. The second-order valence-corrected chi connectivity index (χ2v) is 8.69. The highest BCUT2D eigenvalue weighted by Gasteiger charge is 2.32. The molecule has 2 aromatic carbocycles. The monoisotopic (exact) mass is 454 g/mol. The molecule has 0 aliphatic carbocycles. The first-order valence-electron chi connectivity index (χ1n) is 11.3. The number of benzene rings is 2. The Morgan fingerprint density at radius 2 is 1.91 bits per heavy atom. The highest BCUT2D eigenvalue weighted by atomic mass is 16.5. The van der Waals surface area contributed by atoms with E-state index < -0.39 is 0 Å². The van der Waals surface area contributed by atoms with Crippen LogP contribution in [0.2, 0.25) is 0 Å². The molecule has 0 spiro atoms. The molecule has 34 heavy (non-hydrogen) atoms. The number of carbonyl (C=O) groups is 1. The summed E-state index contributed by atoms with van der Waals surface area (Å²) in [7, 11) is 1.77. The molecule has 1 aliphatic rings. The summed E-state index contributed by atoms with van der Waals surface area (Å²) in [5.41, 5.74) is 11.5. The minimum absolute atomic E-state index is 0.151. The minimum atomic E-state index is -0.151. The first-order chi connectivity index (χ1) is 16.4. The molecule has 0 saturated carbocycles. The zero-order valence-electron chi connectivity index (χ0n) is 19.5. The molecule has 0 atom stereocenters. The zero-order valence-corrected chi connectivity index (χ0v) is 19.5. The predicted molar refractivity (Wildman–Crippen MR) is 130 cm³/mol. The van der Waals surface area contributed by atoms with Crippen LogP contribution in [-0.2, 0) is 13.2 Å². The number of nitrogen functional groups attached to an aromatic ring is 1. The smallest absolute Gasteiger partial charge is 0.272 e. The molecule has 4 aromatic rings. The van der Waals surface area contributed by atoms with E-state index in [1.54, 1.807) is 21.2 Å². The predicted octanol–water partition coefficient (Wildman–Crippen LogP) is 3.95. The van der Waals surface area contributed by atoms with Crippen molar-refractivity contribution in [2.45, 2.75) is 33.4 Å². The number of hydrogen-bond acceptors (Lipinski definition) is 5. The van der Waals surface area contributed by atoms with Gasteiger partial charge in [-0.25, -0.2) is 0 Å². The minimum Gasteiger partial charge on any atom is -0.489 e. The lowest BCUT2D eigenvalue weighted by Gasteiger charge is -2.17. The number of fused-ring (bicyclic) bond motifs is 3. The number of carbonyl (C=O) groups excluding carboxylic acids is 1. The molecule has 8 nitrogen and oxygen atoms in total. The van der Waals surface area contributed by atoms with Crippen molar-refractivity contribution in [1.29, 1.82) is 5.26 Å². The largest absolute Gasteiger partial charge is 0.489 e. The quantitative estimate of drug-likeness (QED) is 0.503. The Hall–Kier alpha value is -4.25. The average Bonchev–Trinajstić information content (AvgIpc) is 3.27. The van der Waals surface area contributed by atoms with E-state index in [9.17, 15) is 10.1 Å². The Balaban J connectivity index is 1.69. The standard InChI is InChI=1S/C26H26N6O2/c1-16-10-11-20(34-15-18-8-5-4-6-9-18)17(2)22(16)32-24(28)19(14-27)21-23-26(33)30(3)12-7-13-31(23)29-25(21)32/h4-6,8-11H,7,12-13,15,28H2,1-3H3. The fourth-order valence-electron chi connectivity index (χ4n) is 4.70. The van der Waals surface area contributed by atoms with Gasteiger partial charge in [0.2, 0.25) is 0 Å². The third-order valence-electron chi connectivity index (χ3n) is 6.46. The van der Waals surface area contributed by atoms with Gasteiger partial charge in [-0.3, -0.25) is 14.0 Å². The first-order valence-corrected chi connectivity index (χ1v) is 11.3. The number of hydrogen-bond donors (Lipinski definition) is 1. The molecule has 0 radical (unpaired) electrons. The fourth-order valence-corrected chi connectivity index (χ4v) is 4.70. The zero-order chi connectivity index (χ0) is 24.0. The van der Waals surface area contributed by atoms with Crippen LogP contribution in [0.25, 0.3) is 16.7 Å². The lowest BCUT2D eigenvalue weighted by molar-refractivity contribution is 0.0798. The molecule has 0 fully saturated rings. The van der Waals surface area contributed by atoms with E-state index in [1.165, 1.54) is 0 Å². The van der Waals surface area contributed by atoms with Crippen LogP contribution in [0.4, 0.5) is 5.82 Å². The van der Waals surface area contributed by atoms with Crippen molar-refractivity contribution in [2.24, 2.45) is 0 Å². The lowest BCUT2D eigenvalue weighted by Crippen LogP contribution is -2.26.